The van der Waals surface area contributed by atoms with Crippen LogP contribution >= 0.6 is 0 Å². The van der Waals surface area contributed by atoms with Crippen molar-refractivity contribution in [2.45, 2.75) is 58.3 Å². The molecule has 3 atom stereocenters. The molecule has 0 aromatic rings. The lowest BCUT2D eigenvalue weighted by Gasteiger charge is -2.19. The van der Waals surface area contributed by atoms with Gasteiger partial charge >= 0.3 is 0 Å². The summed E-state index contributed by atoms with van der Waals surface area (Å²) in [5.41, 5.74) is 3.79. The Morgan fingerprint density at radius 3 is 2.86 bits per heavy atom. The maximum atomic E-state index is 2.47. The van der Waals surface area contributed by atoms with Crippen LogP contribution in [0.3, 0.4) is 0 Å². The maximum absolute atomic E-state index is 2.47. The van der Waals surface area contributed by atoms with Crippen LogP contribution in [0.15, 0.2) is 11.1 Å². The molecule has 0 N–H and O–H groups in total. The molecular weight excluding hydrogens is 168 g/mol. The Hall–Kier alpha value is -0.260. The lowest BCUT2D eigenvalue weighted by Crippen LogP contribution is -2.06. The van der Waals surface area contributed by atoms with E-state index in [-0.39, 0.29) is 0 Å². The van der Waals surface area contributed by atoms with E-state index in [2.05, 4.69) is 6.92 Å². The first kappa shape index (κ1) is 9.00. The lowest BCUT2D eigenvalue weighted by atomic mass is 9.86. The van der Waals surface area contributed by atoms with E-state index in [4.69, 9.17) is 0 Å². The molecule has 4 bridgehead atoms. The quantitative estimate of drug-likeness (QED) is 0.499. The van der Waals surface area contributed by atoms with Gasteiger partial charge in [0.1, 0.15) is 0 Å². The zero-order valence-corrected chi connectivity index (χ0v) is 9.39. The third-order valence-corrected chi connectivity index (χ3v) is 4.86. The Balaban J connectivity index is 1.98. The van der Waals surface area contributed by atoms with Crippen molar-refractivity contribution in [3.8, 4) is 0 Å². The van der Waals surface area contributed by atoms with Gasteiger partial charge in [-0.25, -0.2) is 0 Å². The molecular formula is C14H22. The second-order valence-corrected chi connectivity index (χ2v) is 5.87. The van der Waals surface area contributed by atoms with Crippen LogP contribution in [0.2, 0.25) is 0 Å². The van der Waals surface area contributed by atoms with E-state index in [9.17, 15) is 0 Å². The SMILES string of the molecule is CC1C[C@H]2CC1=C1CCCC(CC1)C2. The van der Waals surface area contributed by atoms with Gasteiger partial charge in [0.25, 0.3) is 0 Å². The molecule has 78 valence electrons. The average Bonchev–Trinajstić information content (AvgIpc) is 2.40. The normalized spacial score (nSPS) is 42.2. The van der Waals surface area contributed by atoms with Crippen molar-refractivity contribution in [3.63, 3.8) is 0 Å². The predicted octanol–water partition coefficient (Wildman–Crippen LogP) is 4.31. The van der Waals surface area contributed by atoms with Crippen LogP contribution in [-0.4, -0.2) is 0 Å². The fraction of sp³-hybridized carbons (Fsp3) is 0.857. The summed E-state index contributed by atoms with van der Waals surface area (Å²) in [7, 11) is 0. The van der Waals surface area contributed by atoms with Gasteiger partial charge in [0.2, 0.25) is 0 Å². The van der Waals surface area contributed by atoms with Gasteiger partial charge in [0, 0.05) is 0 Å². The molecule has 3 rings (SSSR count). The number of allylic oxidation sites excluding steroid dienone is 2. The average molecular weight is 190 g/mol. The van der Waals surface area contributed by atoms with Crippen LogP contribution in [-0.2, 0) is 0 Å². The zero-order chi connectivity index (χ0) is 9.54. The second-order valence-electron chi connectivity index (χ2n) is 5.87. The predicted molar refractivity (Wildman–Crippen MR) is 60.1 cm³/mol. The summed E-state index contributed by atoms with van der Waals surface area (Å²) in [5, 5.41) is 0. The van der Waals surface area contributed by atoms with Crippen molar-refractivity contribution in [3.05, 3.63) is 11.1 Å². The van der Waals surface area contributed by atoms with Gasteiger partial charge in [-0.2, -0.15) is 0 Å². The summed E-state index contributed by atoms with van der Waals surface area (Å²) in [6, 6.07) is 0. The molecule has 3 aliphatic carbocycles. The molecule has 0 aromatic heterocycles. The van der Waals surface area contributed by atoms with Crippen molar-refractivity contribution in [1.29, 1.82) is 0 Å². The zero-order valence-electron chi connectivity index (χ0n) is 9.39. The van der Waals surface area contributed by atoms with Crippen LogP contribution in [0.25, 0.3) is 0 Å². The number of hydrogen-bond donors (Lipinski definition) is 0. The summed E-state index contributed by atoms with van der Waals surface area (Å²) in [5.74, 6) is 3.09. The molecule has 2 unspecified atom stereocenters. The monoisotopic (exact) mass is 190 g/mol. The Kier molecular flexibility index (Phi) is 2.18. The number of fused-ring (bicyclic) bond motifs is 5. The molecule has 2 saturated carbocycles. The van der Waals surface area contributed by atoms with Crippen LogP contribution in [0, 0.1) is 17.8 Å². The number of hydrogen-bond acceptors (Lipinski definition) is 0. The highest BCUT2D eigenvalue weighted by Crippen LogP contribution is 2.47. The van der Waals surface area contributed by atoms with E-state index in [0.717, 1.165) is 17.8 Å². The minimum absolute atomic E-state index is 0.937. The molecule has 0 radical (unpaired) electrons. The van der Waals surface area contributed by atoms with Crippen molar-refractivity contribution >= 4 is 0 Å². The fourth-order valence-electron chi connectivity index (χ4n) is 4.19. The third-order valence-electron chi connectivity index (χ3n) is 4.86. The van der Waals surface area contributed by atoms with Gasteiger partial charge in [-0.3, -0.25) is 0 Å². The summed E-state index contributed by atoms with van der Waals surface area (Å²) in [6.45, 7) is 2.47. The topological polar surface area (TPSA) is 0 Å². The van der Waals surface area contributed by atoms with Crippen LogP contribution in [0.4, 0.5) is 0 Å². The molecule has 0 saturated heterocycles. The third kappa shape index (κ3) is 1.43. The molecule has 0 aliphatic heterocycles. The van der Waals surface area contributed by atoms with E-state index in [1.54, 1.807) is 6.42 Å². The minimum Gasteiger partial charge on any atom is -0.0707 e. The van der Waals surface area contributed by atoms with Gasteiger partial charge in [0.05, 0.1) is 0 Å². The highest BCUT2D eigenvalue weighted by molar-refractivity contribution is 5.23. The van der Waals surface area contributed by atoms with Crippen molar-refractivity contribution in [2.75, 3.05) is 0 Å². The Bertz CT molecular complexity index is 261. The summed E-state index contributed by atoms with van der Waals surface area (Å²) >= 11 is 0. The van der Waals surface area contributed by atoms with Gasteiger partial charge in [-0.15, -0.1) is 0 Å². The van der Waals surface area contributed by atoms with Gasteiger partial charge in [-0.05, 0) is 62.7 Å². The lowest BCUT2D eigenvalue weighted by molar-refractivity contribution is 0.338. The van der Waals surface area contributed by atoms with E-state index >= 15 is 0 Å². The largest absolute Gasteiger partial charge is 0.0707 e. The molecule has 0 heteroatoms. The summed E-state index contributed by atoms with van der Waals surface area (Å²) in [4.78, 5) is 0. The molecule has 14 heavy (non-hydrogen) atoms. The molecule has 3 aliphatic rings. The highest BCUT2D eigenvalue weighted by atomic mass is 14.4. The van der Waals surface area contributed by atoms with Crippen molar-refractivity contribution in [1.82, 2.24) is 0 Å². The van der Waals surface area contributed by atoms with E-state index in [1.165, 1.54) is 44.9 Å². The first-order valence-electron chi connectivity index (χ1n) is 6.53. The van der Waals surface area contributed by atoms with Gasteiger partial charge in [-0.1, -0.05) is 24.5 Å². The standard InChI is InChI=1S/C14H22/c1-10-7-12-8-11-3-2-4-13(6-5-11)14(10)9-12/h10-12H,2-9H2,1H3/t10?,11?,12-/m1/s1. The molecule has 0 spiro atoms. The van der Waals surface area contributed by atoms with Crippen molar-refractivity contribution < 1.29 is 0 Å². The van der Waals surface area contributed by atoms with Crippen LogP contribution in [0.5, 0.6) is 0 Å². The Morgan fingerprint density at radius 2 is 1.93 bits per heavy atom. The van der Waals surface area contributed by atoms with Gasteiger partial charge < -0.3 is 0 Å². The first-order valence-corrected chi connectivity index (χ1v) is 6.53. The Morgan fingerprint density at radius 1 is 1.00 bits per heavy atom. The molecule has 0 nitrogen and oxygen atoms in total. The number of rotatable bonds is 0. The fourth-order valence-corrected chi connectivity index (χ4v) is 4.19. The van der Waals surface area contributed by atoms with E-state index in [1.807, 2.05) is 11.1 Å². The van der Waals surface area contributed by atoms with Crippen molar-refractivity contribution in [2.24, 2.45) is 17.8 Å². The van der Waals surface area contributed by atoms with Crippen LogP contribution < -0.4 is 0 Å². The van der Waals surface area contributed by atoms with E-state index in [0.29, 0.717) is 0 Å². The first-order chi connectivity index (χ1) is 6.83. The summed E-state index contributed by atoms with van der Waals surface area (Å²) < 4.78 is 0. The molecule has 0 amide bonds. The molecule has 2 fully saturated rings. The molecule has 0 heterocycles. The Labute approximate surface area is 87.8 Å². The van der Waals surface area contributed by atoms with Crippen LogP contribution in [0.1, 0.15) is 58.3 Å². The maximum Gasteiger partial charge on any atom is -0.0226 e. The highest BCUT2D eigenvalue weighted by Gasteiger charge is 2.33. The minimum atomic E-state index is 0.937. The van der Waals surface area contributed by atoms with Gasteiger partial charge in [0.15, 0.2) is 0 Å². The second kappa shape index (κ2) is 3.40. The van der Waals surface area contributed by atoms with E-state index < -0.39 is 0 Å². The summed E-state index contributed by atoms with van der Waals surface area (Å²) in [6.07, 6.45) is 12.0. The smallest absolute Gasteiger partial charge is 0.0226 e. The molecule has 0 aromatic carbocycles.